The van der Waals surface area contributed by atoms with Gasteiger partial charge in [-0.3, -0.25) is 4.79 Å². The normalized spacial score (nSPS) is 12.9. The van der Waals surface area contributed by atoms with E-state index in [1.54, 1.807) is 29.6 Å². The summed E-state index contributed by atoms with van der Waals surface area (Å²) < 4.78 is 9.76. The average molecular weight is 317 g/mol. The van der Waals surface area contributed by atoms with E-state index >= 15 is 0 Å². The molecule has 1 amide bonds. The van der Waals surface area contributed by atoms with Crippen LogP contribution in [0.1, 0.15) is 25.6 Å². The summed E-state index contributed by atoms with van der Waals surface area (Å²) in [5.41, 5.74) is 2.23. The Bertz CT molecular complexity index is 745. The first-order chi connectivity index (χ1) is 10.6. The number of methoxy groups -OCH3 is 1. The van der Waals surface area contributed by atoms with Crippen LogP contribution in [0.2, 0.25) is 0 Å². The Morgan fingerprint density at radius 2 is 2.23 bits per heavy atom. The molecule has 0 saturated carbocycles. The van der Waals surface area contributed by atoms with Crippen molar-refractivity contribution in [1.29, 1.82) is 0 Å². The number of amides is 1. The molecule has 0 aliphatic carbocycles. The minimum absolute atomic E-state index is 0.329. The third kappa shape index (κ3) is 2.63. The number of thiophene rings is 1. The van der Waals surface area contributed by atoms with Crippen LogP contribution in [0, 0.1) is 0 Å². The largest absolute Gasteiger partial charge is 0.491 e. The van der Waals surface area contributed by atoms with Crippen molar-refractivity contribution in [3.05, 3.63) is 45.6 Å². The molecule has 0 bridgehead atoms. The van der Waals surface area contributed by atoms with E-state index in [1.165, 1.54) is 18.4 Å². The maximum atomic E-state index is 12.3. The standard InChI is InChI=1S/C14H12BNO5S/c1-20-14(18)12-11(4-5-22-12)16-13(17)8-2-3-9-7-21-15(19)10(9)6-8/h2-6,19H,7H2,1H3,(H,16,17). The van der Waals surface area contributed by atoms with Crippen molar-refractivity contribution in [2.24, 2.45) is 0 Å². The van der Waals surface area contributed by atoms with Gasteiger partial charge >= 0.3 is 13.1 Å². The molecule has 0 radical (unpaired) electrons. The highest BCUT2D eigenvalue weighted by Crippen LogP contribution is 2.24. The number of fused-ring (bicyclic) bond motifs is 1. The smallest absolute Gasteiger partial charge is 0.465 e. The summed E-state index contributed by atoms with van der Waals surface area (Å²) in [5.74, 6) is -0.867. The zero-order valence-electron chi connectivity index (χ0n) is 11.7. The van der Waals surface area contributed by atoms with E-state index in [1.807, 2.05) is 0 Å². The van der Waals surface area contributed by atoms with Gasteiger partial charge in [0, 0.05) is 5.56 Å². The van der Waals surface area contributed by atoms with Gasteiger partial charge in [0.1, 0.15) is 4.88 Å². The Labute approximate surface area is 130 Å². The number of nitrogens with one attached hydrogen (secondary N) is 1. The lowest BCUT2D eigenvalue weighted by molar-refractivity contribution is 0.0607. The lowest BCUT2D eigenvalue weighted by Crippen LogP contribution is -2.29. The van der Waals surface area contributed by atoms with E-state index in [4.69, 9.17) is 4.65 Å². The Morgan fingerprint density at radius 3 is 3.00 bits per heavy atom. The van der Waals surface area contributed by atoms with Crippen LogP contribution in [-0.4, -0.2) is 31.1 Å². The van der Waals surface area contributed by atoms with E-state index in [2.05, 4.69) is 10.1 Å². The van der Waals surface area contributed by atoms with Gasteiger partial charge < -0.3 is 19.7 Å². The molecule has 2 heterocycles. The number of rotatable bonds is 3. The van der Waals surface area contributed by atoms with Crippen LogP contribution in [0.25, 0.3) is 0 Å². The number of carbonyl (C=O) groups excluding carboxylic acids is 2. The maximum Gasteiger partial charge on any atom is 0.491 e. The molecule has 0 saturated heterocycles. The van der Waals surface area contributed by atoms with Crippen LogP contribution in [0.4, 0.5) is 5.69 Å². The van der Waals surface area contributed by atoms with Gasteiger partial charge in [-0.25, -0.2) is 4.79 Å². The summed E-state index contributed by atoms with van der Waals surface area (Å²) in [4.78, 5) is 24.2. The van der Waals surface area contributed by atoms with E-state index in [-0.39, 0.29) is 5.91 Å². The molecule has 3 rings (SSSR count). The minimum Gasteiger partial charge on any atom is -0.465 e. The zero-order valence-corrected chi connectivity index (χ0v) is 12.5. The predicted molar refractivity (Wildman–Crippen MR) is 82.4 cm³/mol. The first kappa shape index (κ1) is 14.8. The van der Waals surface area contributed by atoms with Crippen molar-refractivity contribution in [3.63, 3.8) is 0 Å². The summed E-state index contributed by atoms with van der Waals surface area (Å²) in [6, 6.07) is 6.63. The molecule has 0 unspecified atom stereocenters. The Morgan fingerprint density at radius 1 is 1.41 bits per heavy atom. The van der Waals surface area contributed by atoms with Crippen molar-refractivity contribution in [2.75, 3.05) is 12.4 Å². The molecule has 22 heavy (non-hydrogen) atoms. The molecule has 8 heteroatoms. The quantitative estimate of drug-likeness (QED) is 0.652. The summed E-state index contributed by atoms with van der Waals surface area (Å²) in [7, 11) is 0.282. The minimum atomic E-state index is -1.01. The molecule has 1 aliphatic heterocycles. The number of ether oxygens (including phenoxy) is 1. The third-order valence-corrected chi connectivity index (χ3v) is 4.25. The molecule has 0 spiro atoms. The molecule has 1 aromatic carbocycles. The topological polar surface area (TPSA) is 84.9 Å². The zero-order chi connectivity index (χ0) is 15.7. The molecule has 1 aromatic heterocycles. The van der Waals surface area contributed by atoms with Gasteiger partial charge in [-0.05, 0) is 34.6 Å². The molecule has 6 nitrogen and oxygen atoms in total. The third-order valence-electron chi connectivity index (χ3n) is 3.36. The van der Waals surface area contributed by atoms with Crippen molar-refractivity contribution in [2.45, 2.75) is 6.61 Å². The van der Waals surface area contributed by atoms with Gasteiger partial charge in [0.25, 0.3) is 5.91 Å². The molecule has 2 N–H and O–H groups in total. The van der Waals surface area contributed by atoms with Gasteiger partial charge in [-0.2, -0.15) is 0 Å². The number of carbonyl (C=O) groups is 2. The lowest BCUT2D eigenvalue weighted by Gasteiger charge is -2.07. The highest BCUT2D eigenvalue weighted by molar-refractivity contribution is 7.12. The molecule has 1 aliphatic rings. The first-order valence-electron chi connectivity index (χ1n) is 6.50. The summed E-state index contributed by atoms with van der Waals surface area (Å²) >= 11 is 1.19. The second-order valence-electron chi connectivity index (χ2n) is 4.69. The molecule has 0 fully saturated rings. The van der Waals surface area contributed by atoms with Crippen LogP contribution >= 0.6 is 11.3 Å². The van der Waals surface area contributed by atoms with Crippen LogP contribution in [-0.2, 0) is 16.0 Å². The Kier molecular flexibility index (Phi) is 3.97. The Balaban J connectivity index is 1.83. The van der Waals surface area contributed by atoms with E-state index in [0.717, 1.165) is 5.56 Å². The van der Waals surface area contributed by atoms with Gasteiger partial charge in [-0.1, -0.05) is 6.07 Å². The monoisotopic (exact) mass is 317 g/mol. The second-order valence-corrected chi connectivity index (χ2v) is 5.60. The van der Waals surface area contributed by atoms with Crippen LogP contribution in [0.5, 0.6) is 0 Å². The fourth-order valence-electron chi connectivity index (χ4n) is 2.21. The van der Waals surface area contributed by atoms with Crippen molar-refractivity contribution >= 4 is 41.5 Å². The molecule has 112 valence electrons. The maximum absolute atomic E-state index is 12.3. The van der Waals surface area contributed by atoms with Gasteiger partial charge in [0.15, 0.2) is 0 Å². The Hall–Kier alpha value is -2.16. The van der Waals surface area contributed by atoms with Crippen LogP contribution in [0.3, 0.4) is 0 Å². The molecular weight excluding hydrogens is 305 g/mol. The molecule has 2 aromatic rings. The van der Waals surface area contributed by atoms with Gasteiger partial charge in [-0.15, -0.1) is 11.3 Å². The number of hydrogen-bond acceptors (Lipinski definition) is 6. The highest BCUT2D eigenvalue weighted by atomic mass is 32.1. The van der Waals surface area contributed by atoms with Crippen molar-refractivity contribution in [1.82, 2.24) is 0 Å². The highest BCUT2D eigenvalue weighted by Gasteiger charge is 2.28. The summed E-state index contributed by atoms with van der Waals surface area (Å²) in [6.07, 6.45) is 0. The van der Waals surface area contributed by atoms with Crippen LogP contribution < -0.4 is 10.8 Å². The molecular formula is C14H12BNO5S. The number of anilines is 1. The van der Waals surface area contributed by atoms with Crippen molar-refractivity contribution in [3.8, 4) is 0 Å². The van der Waals surface area contributed by atoms with Gasteiger partial charge in [0.2, 0.25) is 0 Å². The van der Waals surface area contributed by atoms with Crippen LogP contribution in [0.15, 0.2) is 29.6 Å². The lowest BCUT2D eigenvalue weighted by atomic mass is 9.79. The number of hydrogen-bond donors (Lipinski definition) is 2. The number of esters is 1. The first-order valence-corrected chi connectivity index (χ1v) is 7.37. The summed E-state index contributed by atoms with van der Waals surface area (Å²) in [5, 5.41) is 14.1. The number of benzene rings is 1. The summed E-state index contributed by atoms with van der Waals surface area (Å²) in [6.45, 7) is 0.329. The van der Waals surface area contributed by atoms with E-state index in [0.29, 0.717) is 28.2 Å². The SMILES string of the molecule is COC(=O)c1sccc1NC(=O)c1ccc2c(c1)B(O)OC2. The fraction of sp³-hybridized carbons (Fsp3) is 0.143. The van der Waals surface area contributed by atoms with E-state index < -0.39 is 13.1 Å². The molecule has 0 atom stereocenters. The van der Waals surface area contributed by atoms with Crippen molar-refractivity contribution < 1.29 is 24.0 Å². The second kappa shape index (κ2) is 5.92. The predicted octanol–water partition coefficient (Wildman–Crippen LogP) is 1.00. The van der Waals surface area contributed by atoms with Gasteiger partial charge in [0.05, 0.1) is 19.4 Å². The van der Waals surface area contributed by atoms with E-state index in [9.17, 15) is 14.6 Å². The fourth-order valence-corrected chi connectivity index (χ4v) is 2.97. The average Bonchev–Trinajstić information content (AvgIpc) is 3.13.